The van der Waals surface area contributed by atoms with Crippen LogP contribution in [0.25, 0.3) is 0 Å². The SMILES string of the molecule is CCOCCCNS(=O)(=O)c1ccc(Cl)c(CNC)c1. The van der Waals surface area contributed by atoms with Gasteiger partial charge >= 0.3 is 0 Å². The van der Waals surface area contributed by atoms with E-state index < -0.39 is 10.0 Å². The van der Waals surface area contributed by atoms with Gasteiger partial charge in [-0.15, -0.1) is 0 Å². The second kappa shape index (κ2) is 8.59. The van der Waals surface area contributed by atoms with Gasteiger partial charge in [-0.2, -0.15) is 0 Å². The van der Waals surface area contributed by atoms with E-state index in [0.29, 0.717) is 37.7 Å². The molecule has 1 aromatic rings. The molecule has 0 heterocycles. The summed E-state index contributed by atoms with van der Waals surface area (Å²) in [6.45, 7) is 3.96. The quantitative estimate of drug-likeness (QED) is 0.680. The summed E-state index contributed by atoms with van der Waals surface area (Å²) in [4.78, 5) is 0.226. The van der Waals surface area contributed by atoms with Gasteiger partial charge in [0.15, 0.2) is 0 Å². The first-order valence-corrected chi connectivity index (χ1v) is 8.37. The lowest BCUT2D eigenvalue weighted by atomic mass is 10.2. The highest BCUT2D eigenvalue weighted by Gasteiger charge is 2.14. The number of benzene rings is 1. The maximum absolute atomic E-state index is 12.1. The molecule has 1 rings (SSSR count). The average Bonchev–Trinajstić information content (AvgIpc) is 2.41. The third kappa shape index (κ3) is 5.38. The van der Waals surface area contributed by atoms with Crippen LogP contribution in [-0.2, 0) is 21.3 Å². The van der Waals surface area contributed by atoms with E-state index >= 15 is 0 Å². The molecule has 1 aromatic carbocycles. The number of hydrogen-bond acceptors (Lipinski definition) is 4. The second-order valence-electron chi connectivity index (χ2n) is 4.23. The van der Waals surface area contributed by atoms with Crippen LogP contribution in [0.3, 0.4) is 0 Å². The number of hydrogen-bond donors (Lipinski definition) is 2. The van der Waals surface area contributed by atoms with Crippen LogP contribution in [0.5, 0.6) is 0 Å². The molecule has 0 aromatic heterocycles. The zero-order chi connectivity index (χ0) is 15.0. The standard InChI is InChI=1S/C13H21ClN2O3S/c1-3-19-8-4-7-16-20(17,18)12-5-6-13(14)11(9-12)10-15-2/h5-6,9,15-16H,3-4,7-8,10H2,1-2H3. The first-order valence-electron chi connectivity index (χ1n) is 6.51. The lowest BCUT2D eigenvalue weighted by Crippen LogP contribution is -2.25. The Labute approximate surface area is 125 Å². The lowest BCUT2D eigenvalue weighted by molar-refractivity contribution is 0.146. The van der Waals surface area contributed by atoms with Gasteiger partial charge in [0.05, 0.1) is 4.90 Å². The lowest BCUT2D eigenvalue weighted by Gasteiger charge is -2.09. The normalized spacial score (nSPS) is 11.8. The molecular weight excluding hydrogens is 300 g/mol. The van der Waals surface area contributed by atoms with Crippen molar-refractivity contribution in [2.45, 2.75) is 24.8 Å². The Morgan fingerprint density at radius 1 is 1.35 bits per heavy atom. The van der Waals surface area contributed by atoms with E-state index in [0.717, 1.165) is 5.56 Å². The largest absolute Gasteiger partial charge is 0.382 e. The Morgan fingerprint density at radius 2 is 2.10 bits per heavy atom. The fourth-order valence-corrected chi connectivity index (χ4v) is 2.96. The molecule has 114 valence electrons. The van der Waals surface area contributed by atoms with Crippen molar-refractivity contribution in [1.82, 2.24) is 10.0 Å². The molecule has 0 fully saturated rings. The molecule has 0 amide bonds. The van der Waals surface area contributed by atoms with Crippen molar-refractivity contribution in [3.63, 3.8) is 0 Å². The van der Waals surface area contributed by atoms with Crippen LogP contribution in [-0.4, -0.2) is 35.2 Å². The molecule has 2 N–H and O–H groups in total. The van der Waals surface area contributed by atoms with Crippen molar-refractivity contribution in [3.05, 3.63) is 28.8 Å². The topological polar surface area (TPSA) is 67.4 Å². The van der Waals surface area contributed by atoms with E-state index in [9.17, 15) is 8.42 Å². The minimum Gasteiger partial charge on any atom is -0.382 e. The van der Waals surface area contributed by atoms with Gasteiger partial charge in [0, 0.05) is 31.3 Å². The van der Waals surface area contributed by atoms with Gasteiger partial charge in [0.25, 0.3) is 0 Å². The number of rotatable bonds is 9. The Hall–Kier alpha value is -0.660. The van der Waals surface area contributed by atoms with Crippen LogP contribution in [0, 0.1) is 0 Å². The molecule has 0 bridgehead atoms. The molecule has 0 saturated carbocycles. The van der Waals surface area contributed by atoms with E-state index in [1.165, 1.54) is 6.07 Å². The van der Waals surface area contributed by atoms with Gasteiger partial charge in [-0.05, 0) is 44.2 Å². The predicted octanol–water partition coefficient (Wildman–Crippen LogP) is 1.76. The minimum atomic E-state index is -3.50. The molecule has 0 radical (unpaired) electrons. The number of sulfonamides is 1. The highest BCUT2D eigenvalue weighted by molar-refractivity contribution is 7.89. The van der Waals surface area contributed by atoms with Crippen molar-refractivity contribution < 1.29 is 13.2 Å². The van der Waals surface area contributed by atoms with Crippen LogP contribution in [0.15, 0.2) is 23.1 Å². The summed E-state index contributed by atoms with van der Waals surface area (Å²) in [5, 5.41) is 3.50. The third-order valence-electron chi connectivity index (χ3n) is 2.66. The summed E-state index contributed by atoms with van der Waals surface area (Å²) in [6.07, 6.45) is 0.643. The third-order valence-corrected chi connectivity index (χ3v) is 4.48. The van der Waals surface area contributed by atoms with Gasteiger partial charge in [-0.25, -0.2) is 13.1 Å². The zero-order valence-corrected chi connectivity index (χ0v) is 13.4. The van der Waals surface area contributed by atoms with E-state index in [1.54, 1.807) is 19.2 Å². The van der Waals surface area contributed by atoms with E-state index in [-0.39, 0.29) is 4.90 Å². The molecule has 0 unspecified atom stereocenters. The smallest absolute Gasteiger partial charge is 0.240 e. The van der Waals surface area contributed by atoms with Gasteiger partial charge in [-0.1, -0.05) is 11.6 Å². The number of ether oxygens (including phenoxy) is 1. The fraction of sp³-hybridized carbons (Fsp3) is 0.538. The minimum absolute atomic E-state index is 0.226. The van der Waals surface area contributed by atoms with Crippen LogP contribution in [0.1, 0.15) is 18.9 Å². The molecule has 0 aliphatic rings. The van der Waals surface area contributed by atoms with E-state index in [2.05, 4.69) is 10.0 Å². The van der Waals surface area contributed by atoms with Gasteiger partial charge in [-0.3, -0.25) is 0 Å². The summed E-state index contributed by atoms with van der Waals surface area (Å²) in [5.41, 5.74) is 0.756. The molecule has 0 saturated heterocycles. The monoisotopic (exact) mass is 320 g/mol. The van der Waals surface area contributed by atoms with Gasteiger partial charge < -0.3 is 10.1 Å². The van der Waals surface area contributed by atoms with Crippen LogP contribution in [0.4, 0.5) is 0 Å². The van der Waals surface area contributed by atoms with E-state index in [4.69, 9.17) is 16.3 Å². The molecule has 0 aliphatic heterocycles. The Bertz CT molecular complexity index is 520. The summed E-state index contributed by atoms with van der Waals surface area (Å²) < 4.78 is 31.9. The molecular formula is C13H21ClN2O3S. The van der Waals surface area contributed by atoms with Crippen LogP contribution in [0.2, 0.25) is 5.02 Å². The Balaban J connectivity index is 2.69. The van der Waals surface area contributed by atoms with E-state index in [1.807, 2.05) is 6.92 Å². The highest BCUT2D eigenvalue weighted by Crippen LogP contribution is 2.20. The summed E-state index contributed by atoms with van der Waals surface area (Å²) in [5.74, 6) is 0. The number of halogens is 1. The molecule has 0 spiro atoms. The van der Waals surface area contributed by atoms with Crippen molar-refractivity contribution in [2.75, 3.05) is 26.8 Å². The Morgan fingerprint density at radius 3 is 2.75 bits per heavy atom. The van der Waals surface area contributed by atoms with Crippen molar-refractivity contribution in [2.24, 2.45) is 0 Å². The molecule has 7 heteroatoms. The number of nitrogens with one attached hydrogen (secondary N) is 2. The molecule has 5 nitrogen and oxygen atoms in total. The fourth-order valence-electron chi connectivity index (χ4n) is 1.65. The summed E-state index contributed by atoms with van der Waals surface area (Å²) >= 11 is 6.01. The predicted molar refractivity (Wildman–Crippen MR) is 80.5 cm³/mol. The van der Waals surface area contributed by atoms with Crippen molar-refractivity contribution in [1.29, 1.82) is 0 Å². The maximum atomic E-state index is 12.1. The summed E-state index contributed by atoms with van der Waals surface area (Å²) in [6, 6.07) is 4.69. The van der Waals surface area contributed by atoms with Crippen LogP contribution < -0.4 is 10.0 Å². The average molecular weight is 321 g/mol. The van der Waals surface area contributed by atoms with Crippen LogP contribution >= 0.6 is 11.6 Å². The molecule has 0 aliphatic carbocycles. The highest BCUT2D eigenvalue weighted by atomic mass is 35.5. The van der Waals surface area contributed by atoms with Gasteiger partial charge in [0.1, 0.15) is 0 Å². The second-order valence-corrected chi connectivity index (χ2v) is 6.41. The van der Waals surface area contributed by atoms with Gasteiger partial charge in [0.2, 0.25) is 10.0 Å². The first kappa shape index (κ1) is 17.4. The van der Waals surface area contributed by atoms with Crippen molar-refractivity contribution in [3.8, 4) is 0 Å². The Kier molecular flexibility index (Phi) is 7.47. The molecule has 20 heavy (non-hydrogen) atoms. The maximum Gasteiger partial charge on any atom is 0.240 e. The van der Waals surface area contributed by atoms with Crippen molar-refractivity contribution >= 4 is 21.6 Å². The first-order chi connectivity index (χ1) is 9.51. The summed E-state index contributed by atoms with van der Waals surface area (Å²) in [7, 11) is -1.72. The zero-order valence-electron chi connectivity index (χ0n) is 11.8. The molecule has 0 atom stereocenters.